The van der Waals surface area contributed by atoms with Crippen LogP contribution in [0.5, 0.6) is 0 Å². The minimum absolute atomic E-state index is 0.0655. The van der Waals surface area contributed by atoms with E-state index in [4.69, 9.17) is 9.57 Å². The second-order valence-electron chi connectivity index (χ2n) is 5.95. The SMILES string of the molecule is CS(=O)(=O)c1ncc(CN2CCCCO2)n1CC1CCCO1. The molecule has 1 aromatic heterocycles. The molecule has 7 nitrogen and oxygen atoms in total. The Bertz CT molecular complexity index is 602. The summed E-state index contributed by atoms with van der Waals surface area (Å²) in [5.74, 6) is 0. The molecule has 8 heteroatoms. The molecule has 2 aliphatic rings. The standard InChI is InChI=1S/C14H23N3O4S/c1-22(18,19)14-15-9-12(10-16-6-2-3-8-21-16)17(14)11-13-5-4-7-20-13/h9,13H,2-8,10-11H2,1H3. The summed E-state index contributed by atoms with van der Waals surface area (Å²) < 4.78 is 31.4. The molecule has 0 spiro atoms. The highest BCUT2D eigenvalue weighted by Gasteiger charge is 2.25. The minimum atomic E-state index is -3.36. The molecular formula is C14H23N3O4S. The lowest BCUT2D eigenvalue weighted by atomic mass is 10.2. The first-order valence-corrected chi connectivity index (χ1v) is 9.67. The monoisotopic (exact) mass is 329 g/mol. The Balaban J connectivity index is 1.82. The van der Waals surface area contributed by atoms with Crippen molar-refractivity contribution in [3.05, 3.63) is 11.9 Å². The minimum Gasteiger partial charge on any atom is -0.376 e. The smallest absolute Gasteiger partial charge is 0.227 e. The lowest BCUT2D eigenvalue weighted by Gasteiger charge is -2.26. The van der Waals surface area contributed by atoms with Crippen molar-refractivity contribution in [2.75, 3.05) is 26.0 Å². The van der Waals surface area contributed by atoms with E-state index in [1.54, 1.807) is 10.8 Å². The fourth-order valence-electron chi connectivity index (χ4n) is 2.96. The van der Waals surface area contributed by atoms with Crippen LogP contribution in [0.3, 0.4) is 0 Å². The summed E-state index contributed by atoms with van der Waals surface area (Å²) in [5.41, 5.74) is 0.859. The topological polar surface area (TPSA) is 73.7 Å². The number of hydroxylamine groups is 2. The molecule has 0 saturated carbocycles. The Morgan fingerprint density at radius 3 is 2.82 bits per heavy atom. The van der Waals surface area contributed by atoms with Gasteiger partial charge in [-0.15, -0.1) is 0 Å². The Kier molecular flexibility index (Phi) is 4.82. The van der Waals surface area contributed by atoms with E-state index in [1.165, 1.54) is 6.26 Å². The van der Waals surface area contributed by atoms with Crippen LogP contribution in [0.1, 0.15) is 31.4 Å². The van der Waals surface area contributed by atoms with E-state index in [2.05, 4.69) is 4.98 Å². The van der Waals surface area contributed by atoms with Gasteiger partial charge in [-0.1, -0.05) is 0 Å². The molecule has 124 valence electrons. The molecule has 0 aromatic carbocycles. The molecule has 1 aromatic rings. The van der Waals surface area contributed by atoms with Crippen molar-refractivity contribution in [2.45, 2.75) is 50.0 Å². The zero-order valence-electron chi connectivity index (χ0n) is 12.9. The van der Waals surface area contributed by atoms with Crippen molar-refractivity contribution in [1.82, 2.24) is 14.6 Å². The highest BCUT2D eigenvalue weighted by Crippen LogP contribution is 2.20. The van der Waals surface area contributed by atoms with Gasteiger partial charge in [-0.3, -0.25) is 4.84 Å². The molecule has 1 unspecified atom stereocenters. The van der Waals surface area contributed by atoms with Gasteiger partial charge in [0.15, 0.2) is 0 Å². The Hall–Kier alpha value is -0.960. The number of hydrogen-bond donors (Lipinski definition) is 0. The van der Waals surface area contributed by atoms with E-state index in [1.807, 2.05) is 5.06 Å². The predicted octanol–water partition coefficient (Wildman–Crippen LogP) is 0.993. The third-order valence-corrected chi connectivity index (χ3v) is 5.05. The molecule has 0 aliphatic carbocycles. The van der Waals surface area contributed by atoms with E-state index < -0.39 is 9.84 Å². The first kappa shape index (κ1) is 15.9. The molecule has 0 bridgehead atoms. The maximum Gasteiger partial charge on any atom is 0.227 e. The van der Waals surface area contributed by atoms with Crippen LogP contribution in [0.15, 0.2) is 11.4 Å². The Morgan fingerprint density at radius 2 is 2.18 bits per heavy atom. The van der Waals surface area contributed by atoms with E-state index in [9.17, 15) is 8.42 Å². The van der Waals surface area contributed by atoms with E-state index in [0.29, 0.717) is 13.1 Å². The van der Waals surface area contributed by atoms with Crippen LogP contribution in [-0.2, 0) is 32.5 Å². The molecule has 0 N–H and O–H groups in total. The largest absolute Gasteiger partial charge is 0.376 e. The molecule has 3 heterocycles. The van der Waals surface area contributed by atoms with Crippen molar-refractivity contribution >= 4 is 9.84 Å². The maximum atomic E-state index is 12.0. The van der Waals surface area contributed by atoms with Gasteiger partial charge in [-0.2, -0.15) is 5.06 Å². The molecule has 2 saturated heterocycles. The van der Waals surface area contributed by atoms with Crippen molar-refractivity contribution in [1.29, 1.82) is 0 Å². The van der Waals surface area contributed by atoms with Gasteiger partial charge in [0.25, 0.3) is 0 Å². The van der Waals surface area contributed by atoms with Gasteiger partial charge in [-0.05, 0) is 25.7 Å². The number of hydrogen-bond acceptors (Lipinski definition) is 6. The van der Waals surface area contributed by atoms with Crippen LogP contribution < -0.4 is 0 Å². The predicted molar refractivity (Wildman–Crippen MR) is 79.9 cm³/mol. The zero-order chi connectivity index (χ0) is 15.6. The average molecular weight is 329 g/mol. The molecule has 0 amide bonds. The summed E-state index contributed by atoms with van der Waals surface area (Å²) in [7, 11) is -3.36. The molecule has 2 aliphatic heterocycles. The van der Waals surface area contributed by atoms with Gasteiger partial charge < -0.3 is 9.30 Å². The van der Waals surface area contributed by atoms with Crippen molar-refractivity contribution in [3.63, 3.8) is 0 Å². The first-order chi connectivity index (χ1) is 10.5. The lowest BCUT2D eigenvalue weighted by molar-refractivity contribution is -0.188. The number of sulfone groups is 1. The second-order valence-corrected chi connectivity index (χ2v) is 7.86. The number of ether oxygens (including phenoxy) is 1. The Morgan fingerprint density at radius 1 is 1.32 bits per heavy atom. The van der Waals surface area contributed by atoms with E-state index in [0.717, 1.165) is 51.1 Å². The van der Waals surface area contributed by atoms with Crippen LogP contribution in [0, 0.1) is 0 Å². The zero-order valence-corrected chi connectivity index (χ0v) is 13.7. The molecule has 22 heavy (non-hydrogen) atoms. The quantitative estimate of drug-likeness (QED) is 0.802. The van der Waals surface area contributed by atoms with Gasteiger partial charge >= 0.3 is 0 Å². The fourth-order valence-corrected chi connectivity index (χ4v) is 3.79. The fraction of sp³-hybridized carbons (Fsp3) is 0.786. The van der Waals surface area contributed by atoms with Crippen LogP contribution in [0.2, 0.25) is 0 Å². The molecular weight excluding hydrogens is 306 g/mol. The van der Waals surface area contributed by atoms with Crippen LogP contribution >= 0.6 is 0 Å². The summed E-state index contributed by atoms with van der Waals surface area (Å²) >= 11 is 0. The number of nitrogens with zero attached hydrogens (tertiary/aromatic N) is 3. The van der Waals surface area contributed by atoms with Gasteiger partial charge in [0.2, 0.25) is 15.0 Å². The highest BCUT2D eigenvalue weighted by atomic mass is 32.2. The third-order valence-electron chi connectivity index (χ3n) is 4.06. The first-order valence-electron chi connectivity index (χ1n) is 7.78. The van der Waals surface area contributed by atoms with Gasteiger partial charge in [0, 0.05) is 19.4 Å². The van der Waals surface area contributed by atoms with Crippen molar-refractivity contribution in [2.24, 2.45) is 0 Å². The summed E-state index contributed by atoms with van der Waals surface area (Å²) in [4.78, 5) is 9.75. The number of rotatable bonds is 5. The number of imidazole rings is 1. The van der Waals surface area contributed by atoms with Gasteiger partial charge in [0.05, 0.1) is 37.7 Å². The summed E-state index contributed by atoms with van der Waals surface area (Å²) in [5, 5.41) is 2.01. The molecule has 2 fully saturated rings. The normalized spacial score (nSPS) is 24.0. The maximum absolute atomic E-state index is 12.0. The summed E-state index contributed by atoms with van der Waals surface area (Å²) in [6, 6.07) is 0. The van der Waals surface area contributed by atoms with Gasteiger partial charge in [0.1, 0.15) is 0 Å². The van der Waals surface area contributed by atoms with Crippen LogP contribution in [0.25, 0.3) is 0 Å². The number of aromatic nitrogens is 2. The summed E-state index contributed by atoms with van der Waals surface area (Å²) in [6.07, 6.45) is 7.06. The summed E-state index contributed by atoms with van der Waals surface area (Å²) in [6.45, 7) is 3.41. The average Bonchev–Trinajstić information content (AvgIpc) is 3.11. The molecule has 1 atom stereocenters. The molecule has 3 rings (SSSR count). The molecule has 0 radical (unpaired) electrons. The highest BCUT2D eigenvalue weighted by molar-refractivity contribution is 7.90. The Labute approximate surface area is 131 Å². The van der Waals surface area contributed by atoms with Crippen molar-refractivity contribution < 1.29 is 18.0 Å². The van der Waals surface area contributed by atoms with Crippen LogP contribution in [-0.4, -0.2) is 55.2 Å². The van der Waals surface area contributed by atoms with Crippen molar-refractivity contribution in [3.8, 4) is 0 Å². The van der Waals surface area contributed by atoms with E-state index >= 15 is 0 Å². The van der Waals surface area contributed by atoms with E-state index in [-0.39, 0.29) is 11.3 Å². The van der Waals surface area contributed by atoms with Gasteiger partial charge in [-0.25, -0.2) is 13.4 Å². The lowest BCUT2D eigenvalue weighted by Crippen LogP contribution is -2.31. The second kappa shape index (κ2) is 6.66. The third kappa shape index (κ3) is 3.68. The van der Waals surface area contributed by atoms with Crippen LogP contribution in [0.4, 0.5) is 0 Å².